The van der Waals surface area contributed by atoms with Crippen LogP contribution in [0.5, 0.6) is 0 Å². The Labute approximate surface area is 819 Å². The van der Waals surface area contributed by atoms with E-state index in [9.17, 15) is 68.2 Å². The van der Waals surface area contributed by atoms with Gasteiger partial charge in [0.05, 0.1) is 51.0 Å². The van der Waals surface area contributed by atoms with Gasteiger partial charge in [0, 0.05) is 258 Å². The van der Waals surface area contributed by atoms with Crippen LogP contribution >= 0.6 is 57.1 Å². The highest BCUT2D eigenvalue weighted by atomic mass is 35.7. The summed E-state index contributed by atoms with van der Waals surface area (Å²) in [7, 11) is -9.90. The number of rotatable bonds is 20. The molecule has 42 nitrogen and oxygen atoms in total. The van der Waals surface area contributed by atoms with Crippen LogP contribution in [-0.4, -0.2) is 358 Å². The largest absolute Gasteiger partial charge is 0.386 e. The number of aliphatic hydroxyl groups is 3. The standard InChI is InChI=1S/C23H32ClN7O4S.C23H34N8O4S.C16H24ClN5O3S.C11H22N4O.C7H9ClN2O.C5H3Cl2NO2S/c2*1-22(2)20(32)25-7-8-29(22)14-17-15-30(36(34,35)18-5-6-19(24)26-13-18)9-10-31(17)21-27-11-16(12-28-21)23(3,4)33;1-16(2)15(23)19-5-7-21(16)10-12-11-22(8-6-18-12)26(24,25)13-3-4-14(17)20-9-13;1-11(2)10(16)14-5-6-15(11)8-9-7-12-3-4-13-9;1-7(2,11)5-3-9-6(8)10-4-5;6-5-2-1-4(3-8-5)11(7,9)10/h5-6,11-13,17,33H,7-10,14-15H2,1-4H3,(H,25,32);5-6,11-13,17,33H,7-10,14-15H2,1-4H3,(H2,24,26)(H,25,32);3-4,9,12,18H,5-8,10-11H2,1-2H3,(H,19,23);9,12-13H,3-8H2,1-2H3,(H,14,16);3-4,11H,1-2H3;1-3H/t2*17-;12-;9-;;/m0001../s1. The minimum atomic E-state index is -3.81. The number of halogens is 5. The van der Waals surface area contributed by atoms with Gasteiger partial charge in [0.25, 0.3) is 9.05 Å². The molecule has 0 radical (unpaired) electrons. The van der Waals surface area contributed by atoms with Gasteiger partial charge in [-0.3, -0.25) is 38.8 Å². The van der Waals surface area contributed by atoms with E-state index in [1.165, 1.54) is 92.4 Å². The van der Waals surface area contributed by atoms with Gasteiger partial charge in [0.2, 0.25) is 70.9 Å². The van der Waals surface area contributed by atoms with Crippen molar-refractivity contribution in [2.45, 2.75) is 180 Å². The molecule has 0 aromatic carbocycles. The zero-order valence-electron chi connectivity index (χ0n) is 78.5. The van der Waals surface area contributed by atoms with Gasteiger partial charge < -0.3 is 68.1 Å². The number of anilines is 3. The molecule has 51 heteroatoms. The second kappa shape index (κ2) is 45.6. The van der Waals surface area contributed by atoms with Gasteiger partial charge in [-0.25, -0.2) is 83.5 Å². The fraction of sp³-hybridized carbons (Fsp3) is 0.576. The van der Waals surface area contributed by atoms with Crippen molar-refractivity contribution in [2.24, 2.45) is 0 Å². The maximum absolute atomic E-state index is 13.4. The average molecular weight is 2070 g/mol. The number of carbonyl (C=O) groups is 4. The molecule has 8 fully saturated rings. The van der Waals surface area contributed by atoms with Crippen LogP contribution in [0.3, 0.4) is 0 Å². The summed E-state index contributed by atoms with van der Waals surface area (Å²) in [5.41, 5.74) is 1.89. The number of nitrogens with zero attached hydrogens (tertiary/aromatic N) is 19. The van der Waals surface area contributed by atoms with E-state index in [1.807, 2.05) is 65.2 Å². The number of sulfonamides is 3. The van der Waals surface area contributed by atoms with Crippen LogP contribution in [0.2, 0.25) is 20.7 Å². The molecule has 15 heterocycles. The zero-order chi connectivity index (χ0) is 100. The Kier molecular flexibility index (Phi) is 36.8. The number of amides is 4. The highest BCUT2D eigenvalue weighted by Gasteiger charge is 2.47. The Morgan fingerprint density at radius 3 is 1.01 bits per heavy atom. The molecule has 12 N–H and O–H groups in total. The van der Waals surface area contributed by atoms with Crippen LogP contribution in [0.4, 0.5) is 17.7 Å². The monoisotopic (exact) mass is 2070 g/mol. The summed E-state index contributed by atoms with van der Waals surface area (Å²) in [5.74, 6) is 1.13. The lowest BCUT2D eigenvalue weighted by Crippen LogP contribution is -2.66. The molecule has 8 aliphatic rings. The first-order valence-electron chi connectivity index (χ1n) is 44.1. The molecule has 0 unspecified atom stereocenters. The Balaban J connectivity index is 0.000000178. The number of hydrogen-bond acceptors (Lipinski definition) is 35. The molecule has 15 rings (SSSR count). The first kappa shape index (κ1) is 110. The molecule has 4 amide bonds. The molecular formula is C85H124Cl5N27O15S4. The number of pyridine rings is 4. The summed E-state index contributed by atoms with van der Waals surface area (Å²) in [5, 5.41) is 52.7. The first-order valence-corrected chi connectivity index (χ1v) is 52.2. The maximum atomic E-state index is 13.4. The molecule has 136 heavy (non-hydrogen) atoms. The summed E-state index contributed by atoms with van der Waals surface area (Å²) >= 11 is 22.5. The fourth-order valence-electron chi connectivity index (χ4n) is 15.7. The van der Waals surface area contributed by atoms with Gasteiger partial charge >= 0.3 is 0 Å². The van der Waals surface area contributed by atoms with Crippen molar-refractivity contribution in [3.8, 4) is 0 Å². The number of nitrogens with one attached hydrogen (secondary N) is 7. The number of piperazine rings is 8. The highest BCUT2D eigenvalue weighted by Crippen LogP contribution is 2.33. The van der Waals surface area contributed by atoms with Gasteiger partial charge in [0.15, 0.2) is 0 Å². The van der Waals surface area contributed by atoms with Crippen LogP contribution in [0.15, 0.2) is 130 Å². The third kappa shape index (κ3) is 28.6. The molecule has 8 saturated heterocycles. The zero-order valence-corrected chi connectivity index (χ0v) is 85.6. The summed E-state index contributed by atoms with van der Waals surface area (Å²) in [6.07, 6.45) is 14.3. The summed E-state index contributed by atoms with van der Waals surface area (Å²) in [4.78, 5) is 102. The average Bonchev–Trinajstić information content (AvgIpc) is 0.780. The lowest BCUT2D eigenvalue weighted by molar-refractivity contribution is -0.135. The minimum Gasteiger partial charge on any atom is -0.386 e. The van der Waals surface area contributed by atoms with E-state index in [4.69, 9.17) is 62.8 Å². The van der Waals surface area contributed by atoms with E-state index >= 15 is 0 Å². The fourth-order valence-corrected chi connectivity index (χ4v) is 21.1. The lowest BCUT2D eigenvalue weighted by Gasteiger charge is -2.47. The van der Waals surface area contributed by atoms with E-state index in [-0.39, 0.29) is 120 Å². The topological polar surface area (TPSA) is 534 Å². The molecule has 0 aliphatic carbocycles. The number of nitrogens with two attached hydrogens (primary N) is 1. The molecule has 0 spiro atoms. The van der Waals surface area contributed by atoms with Gasteiger partial charge in [-0.05, 0) is 157 Å². The Morgan fingerprint density at radius 1 is 0.375 bits per heavy atom. The van der Waals surface area contributed by atoms with Crippen molar-refractivity contribution >= 4 is 138 Å². The van der Waals surface area contributed by atoms with Gasteiger partial charge in [-0.1, -0.05) is 34.8 Å². The highest BCUT2D eigenvalue weighted by molar-refractivity contribution is 8.13. The number of aromatic nitrogens is 10. The maximum Gasteiger partial charge on any atom is 0.262 e. The molecule has 7 aromatic heterocycles. The third-order valence-electron chi connectivity index (χ3n) is 24.6. The SMILES string of the molecule is CC(C)(O)c1cnc(Cl)nc1.CC(C)(O)c1cnc(N2CCN(S(=O)(=O)c3ccc(Cl)nc3)C[C@@H]2CN2CCNC(=O)C2(C)C)nc1.CC(C)(O)c1cnc(N2CCN(S(=O)(=O)c3ccc(N)nc3)C[C@@H]2CN2CCNC(=O)C2(C)C)nc1.CC1(C)C(=O)NCCN1C[C@H]1CN(S(=O)(=O)c2ccc(Cl)nc2)CCN1.CC1(C)C(=O)NCCN1C[C@H]1CNCCN1.O=S(=O)(Cl)c1ccc(Cl)nc1. The predicted molar refractivity (Wildman–Crippen MR) is 516 cm³/mol. The summed E-state index contributed by atoms with van der Waals surface area (Å²) in [6, 6.07) is 11.2. The Morgan fingerprint density at radius 2 is 0.691 bits per heavy atom. The van der Waals surface area contributed by atoms with Crippen molar-refractivity contribution < 1.29 is 68.2 Å². The first-order chi connectivity index (χ1) is 63.4. The smallest absolute Gasteiger partial charge is 0.262 e. The molecule has 4 atom stereocenters. The van der Waals surface area contributed by atoms with Crippen LogP contribution in [0.25, 0.3) is 0 Å². The van der Waals surface area contributed by atoms with Gasteiger partial charge in [-0.2, -0.15) is 12.9 Å². The van der Waals surface area contributed by atoms with Gasteiger partial charge in [0.1, 0.15) is 40.9 Å². The lowest BCUT2D eigenvalue weighted by atomic mass is 9.97. The van der Waals surface area contributed by atoms with Crippen molar-refractivity contribution in [3.05, 3.63) is 148 Å². The Bertz CT molecular complexity index is 5500. The molecule has 7 aromatic rings. The minimum absolute atomic E-state index is 0.00345. The number of hydrogen-bond donors (Lipinski definition) is 11. The van der Waals surface area contributed by atoms with Crippen LogP contribution in [0, 0.1) is 0 Å². The van der Waals surface area contributed by atoms with E-state index in [1.54, 1.807) is 66.3 Å². The summed E-state index contributed by atoms with van der Waals surface area (Å²) in [6.45, 7) is 38.8. The van der Waals surface area contributed by atoms with E-state index in [2.05, 4.69) is 107 Å². The van der Waals surface area contributed by atoms with Gasteiger partial charge in [-0.15, -0.1) is 0 Å². The van der Waals surface area contributed by atoms with Crippen molar-refractivity contribution in [3.63, 3.8) is 0 Å². The molecule has 748 valence electrons. The van der Waals surface area contributed by atoms with Crippen molar-refractivity contribution in [1.29, 1.82) is 0 Å². The summed E-state index contributed by atoms with van der Waals surface area (Å²) < 4.78 is 105. The van der Waals surface area contributed by atoms with E-state index in [0.717, 1.165) is 52.0 Å². The van der Waals surface area contributed by atoms with Crippen molar-refractivity contribution in [1.82, 2.24) is 120 Å². The molecular weight excluding hydrogens is 1940 g/mol. The molecule has 0 bridgehead atoms. The van der Waals surface area contributed by atoms with E-state index < -0.39 is 72.5 Å². The molecule has 8 aliphatic heterocycles. The van der Waals surface area contributed by atoms with E-state index in [0.29, 0.717) is 120 Å². The second-order valence-electron chi connectivity index (χ2n) is 37.1. The number of nitrogen functional groups attached to an aromatic ring is 1. The quantitative estimate of drug-likeness (QED) is 0.0296. The second-order valence-corrected chi connectivity index (χ2v) is 47.0. The third-order valence-corrected chi connectivity index (χ3v) is 32.4. The number of carbonyl (C=O) groups excluding carboxylic acids is 4. The van der Waals surface area contributed by atoms with Crippen molar-refractivity contribution in [2.75, 3.05) is 173 Å². The molecule has 0 saturated carbocycles. The van der Waals surface area contributed by atoms with Crippen LogP contribution < -0.4 is 52.8 Å². The predicted octanol–water partition coefficient (Wildman–Crippen LogP) is 2.30. The normalized spacial score (nSPS) is 21.9. The van der Waals surface area contributed by atoms with Crippen LogP contribution in [-0.2, 0) is 75.1 Å². The Hall–Kier alpha value is -8.15. The van der Waals surface area contributed by atoms with Crippen LogP contribution in [0.1, 0.15) is 114 Å².